The lowest BCUT2D eigenvalue weighted by Crippen LogP contribution is -2.24. The summed E-state index contributed by atoms with van der Waals surface area (Å²) in [6, 6.07) is 8.71. The fraction of sp³-hybridized carbons (Fsp3) is 0.533. The Hall–Kier alpha value is -1.49. The Morgan fingerprint density at radius 1 is 1.53 bits per heavy atom. The van der Waals surface area contributed by atoms with Crippen LogP contribution in [0.25, 0.3) is 0 Å². The standard InChI is InChI=1S/C15H19NO/c1-4-15(3,10-16)9-13-8-12-7-11(2)5-6-14(12)17-13/h5-7,13H,4,8-9H2,1-3H3. The second kappa shape index (κ2) is 4.41. The highest BCUT2D eigenvalue weighted by Crippen LogP contribution is 2.36. The average molecular weight is 229 g/mol. The molecule has 2 nitrogen and oxygen atoms in total. The molecular formula is C15H19NO. The highest BCUT2D eigenvalue weighted by Gasteiger charge is 2.31. The van der Waals surface area contributed by atoms with Crippen molar-refractivity contribution in [3.63, 3.8) is 0 Å². The van der Waals surface area contributed by atoms with Gasteiger partial charge in [0.15, 0.2) is 0 Å². The van der Waals surface area contributed by atoms with Gasteiger partial charge in [-0.3, -0.25) is 0 Å². The molecule has 2 atom stereocenters. The Labute approximate surface area is 103 Å². The lowest BCUT2D eigenvalue weighted by Gasteiger charge is -2.22. The predicted molar refractivity (Wildman–Crippen MR) is 67.9 cm³/mol. The summed E-state index contributed by atoms with van der Waals surface area (Å²) in [4.78, 5) is 0. The van der Waals surface area contributed by atoms with E-state index in [1.807, 2.05) is 13.0 Å². The quantitative estimate of drug-likeness (QED) is 0.793. The van der Waals surface area contributed by atoms with Gasteiger partial charge >= 0.3 is 0 Å². The first kappa shape index (κ1) is 12.0. The third kappa shape index (κ3) is 2.44. The van der Waals surface area contributed by atoms with Crippen LogP contribution in [0.5, 0.6) is 5.75 Å². The van der Waals surface area contributed by atoms with Crippen LogP contribution in [0.2, 0.25) is 0 Å². The SMILES string of the molecule is CCC(C)(C#N)CC1Cc2cc(C)ccc2O1. The molecular weight excluding hydrogens is 210 g/mol. The molecule has 2 rings (SSSR count). The van der Waals surface area contributed by atoms with E-state index in [0.29, 0.717) is 0 Å². The van der Waals surface area contributed by atoms with E-state index >= 15 is 0 Å². The zero-order chi connectivity index (χ0) is 12.5. The first-order valence-corrected chi connectivity index (χ1v) is 6.24. The molecule has 1 aromatic carbocycles. The molecule has 0 N–H and O–H groups in total. The Morgan fingerprint density at radius 2 is 2.29 bits per heavy atom. The molecule has 0 spiro atoms. The van der Waals surface area contributed by atoms with Crippen LogP contribution in [0.1, 0.15) is 37.8 Å². The molecule has 0 radical (unpaired) electrons. The first-order chi connectivity index (χ1) is 8.06. The number of hydrogen-bond acceptors (Lipinski definition) is 2. The second-order valence-corrected chi connectivity index (χ2v) is 5.29. The van der Waals surface area contributed by atoms with Crippen molar-refractivity contribution in [3.05, 3.63) is 29.3 Å². The summed E-state index contributed by atoms with van der Waals surface area (Å²) < 4.78 is 5.91. The normalized spacial score (nSPS) is 21.2. The molecule has 0 aromatic heterocycles. The smallest absolute Gasteiger partial charge is 0.123 e. The summed E-state index contributed by atoms with van der Waals surface area (Å²) in [5.41, 5.74) is 2.29. The molecule has 90 valence electrons. The molecule has 0 fully saturated rings. The maximum absolute atomic E-state index is 9.20. The molecule has 0 aliphatic carbocycles. The van der Waals surface area contributed by atoms with E-state index in [-0.39, 0.29) is 11.5 Å². The zero-order valence-corrected chi connectivity index (χ0v) is 10.8. The average Bonchev–Trinajstić information content (AvgIpc) is 2.70. The number of benzene rings is 1. The van der Waals surface area contributed by atoms with Crippen LogP contribution in [0.4, 0.5) is 0 Å². The van der Waals surface area contributed by atoms with Crippen LogP contribution in [0.15, 0.2) is 18.2 Å². The van der Waals surface area contributed by atoms with Crippen LogP contribution in [0.3, 0.4) is 0 Å². The zero-order valence-electron chi connectivity index (χ0n) is 10.8. The van der Waals surface area contributed by atoms with Crippen molar-refractivity contribution in [1.29, 1.82) is 5.26 Å². The van der Waals surface area contributed by atoms with Crippen molar-refractivity contribution in [2.45, 2.75) is 46.1 Å². The van der Waals surface area contributed by atoms with E-state index in [1.54, 1.807) is 0 Å². The highest BCUT2D eigenvalue weighted by atomic mass is 16.5. The lowest BCUT2D eigenvalue weighted by molar-refractivity contribution is 0.172. The molecule has 2 heteroatoms. The number of nitriles is 1. The van der Waals surface area contributed by atoms with Gasteiger partial charge in [-0.2, -0.15) is 5.26 Å². The van der Waals surface area contributed by atoms with E-state index in [9.17, 15) is 5.26 Å². The summed E-state index contributed by atoms with van der Waals surface area (Å²) >= 11 is 0. The van der Waals surface area contributed by atoms with Gasteiger partial charge in [-0.05, 0) is 31.9 Å². The molecule has 0 saturated carbocycles. The van der Waals surface area contributed by atoms with E-state index in [2.05, 4.69) is 32.0 Å². The van der Waals surface area contributed by atoms with E-state index < -0.39 is 0 Å². The fourth-order valence-corrected chi connectivity index (χ4v) is 2.33. The van der Waals surface area contributed by atoms with Crippen molar-refractivity contribution in [2.75, 3.05) is 0 Å². The van der Waals surface area contributed by atoms with Crippen LogP contribution in [0, 0.1) is 23.7 Å². The number of hydrogen-bond donors (Lipinski definition) is 0. The number of nitrogens with zero attached hydrogens (tertiary/aromatic N) is 1. The third-order valence-corrected chi connectivity index (χ3v) is 3.69. The Kier molecular flexibility index (Phi) is 3.11. The molecule has 1 aromatic rings. The van der Waals surface area contributed by atoms with Crippen LogP contribution in [-0.2, 0) is 6.42 Å². The van der Waals surface area contributed by atoms with Gasteiger partial charge in [-0.15, -0.1) is 0 Å². The van der Waals surface area contributed by atoms with E-state index in [0.717, 1.165) is 25.0 Å². The highest BCUT2D eigenvalue weighted by molar-refractivity contribution is 5.40. The predicted octanol–water partition coefficient (Wildman–Crippen LogP) is 3.63. The lowest BCUT2D eigenvalue weighted by atomic mass is 9.82. The van der Waals surface area contributed by atoms with Crippen molar-refractivity contribution in [2.24, 2.45) is 5.41 Å². The summed E-state index contributed by atoms with van der Waals surface area (Å²) in [7, 11) is 0. The van der Waals surface area contributed by atoms with Gasteiger partial charge in [0, 0.05) is 12.8 Å². The molecule has 1 heterocycles. The number of rotatable bonds is 3. The van der Waals surface area contributed by atoms with Crippen molar-refractivity contribution >= 4 is 0 Å². The van der Waals surface area contributed by atoms with Gasteiger partial charge in [0.25, 0.3) is 0 Å². The van der Waals surface area contributed by atoms with Crippen molar-refractivity contribution in [3.8, 4) is 11.8 Å². The molecule has 1 aliphatic heterocycles. The van der Waals surface area contributed by atoms with Crippen molar-refractivity contribution < 1.29 is 4.74 Å². The monoisotopic (exact) mass is 229 g/mol. The molecule has 0 saturated heterocycles. The minimum atomic E-state index is -0.262. The van der Waals surface area contributed by atoms with Gasteiger partial charge in [0.05, 0.1) is 11.5 Å². The topological polar surface area (TPSA) is 33.0 Å². The summed E-state index contributed by atoms with van der Waals surface area (Å²) in [6.45, 7) is 6.18. The molecule has 2 unspecified atom stereocenters. The van der Waals surface area contributed by atoms with E-state index in [4.69, 9.17) is 4.74 Å². The number of fused-ring (bicyclic) bond motifs is 1. The molecule has 0 amide bonds. The Balaban J connectivity index is 2.09. The van der Waals surface area contributed by atoms with E-state index in [1.165, 1.54) is 11.1 Å². The molecule has 17 heavy (non-hydrogen) atoms. The first-order valence-electron chi connectivity index (χ1n) is 6.24. The maximum atomic E-state index is 9.20. The second-order valence-electron chi connectivity index (χ2n) is 5.29. The minimum absolute atomic E-state index is 0.163. The fourth-order valence-electron chi connectivity index (χ4n) is 2.33. The van der Waals surface area contributed by atoms with Crippen LogP contribution >= 0.6 is 0 Å². The summed E-state index contributed by atoms with van der Waals surface area (Å²) in [6.07, 6.45) is 2.79. The molecule has 0 bridgehead atoms. The van der Waals surface area contributed by atoms with Gasteiger partial charge in [0.2, 0.25) is 0 Å². The Morgan fingerprint density at radius 3 is 2.94 bits per heavy atom. The van der Waals surface area contributed by atoms with Gasteiger partial charge in [0.1, 0.15) is 11.9 Å². The third-order valence-electron chi connectivity index (χ3n) is 3.69. The maximum Gasteiger partial charge on any atom is 0.123 e. The van der Waals surface area contributed by atoms with Crippen LogP contribution in [-0.4, -0.2) is 6.10 Å². The Bertz CT molecular complexity index is 460. The summed E-state index contributed by atoms with van der Waals surface area (Å²) in [5.74, 6) is 0.997. The summed E-state index contributed by atoms with van der Waals surface area (Å²) in [5, 5.41) is 9.20. The minimum Gasteiger partial charge on any atom is -0.490 e. The van der Waals surface area contributed by atoms with Crippen molar-refractivity contribution in [1.82, 2.24) is 0 Å². The van der Waals surface area contributed by atoms with Gasteiger partial charge in [-0.1, -0.05) is 24.6 Å². The van der Waals surface area contributed by atoms with Crippen LogP contribution < -0.4 is 4.74 Å². The number of aryl methyl sites for hydroxylation is 1. The number of ether oxygens (including phenoxy) is 1. The molecule has 1 aliphatic rings. The largest absolute Gasteiger partial charge is 0.490 e. The van der Waals surface area contributed by atoms with Gasteiger partial charge < -0.3 is 4.74 Å². The van der Waals surface area contributed by atoms with Gasteiger partial charge in [-0.25, -0.2) is 0 Å².